The summed E-state index contributed by atoms with van der Waals surface area (Å²) in [7, 11) is 1.48. The van der Waals surface area contributed by atoms with Crippen LogP contribution in [-0.4, -0.2) is 74.9 Å². The number of likely N-dealkylation sites (N-methyl/N-ethyl adjacent to an activating group) is 1. The molecule has 10 heteroatoms. The molecule has 1 N–H and O–H groups in total. The van der Waals surface area contributed by atoms with Crippen molar-refractivity contribution in [2.24, 2.45) is 0 Å². The maximum Gasteiger partial charge on any atom is 0.472 e. The molecule has 0 heterocycles. The maximum atomic E-state index is 12.2. The topological polar surface area (TPSA) is 108 Å². The van der Waals surface area contributed by atoms with Gasteiger partial charge in [0, 0.05) is 13.3 Å². The number of rotatable bonds is 46. The van der Waals surface area contributed by atoms with Gasteiger partial charge >= 0.3 is 19.8 Å². The van der Waals surface area contributed by atoms with E-state index >= 15 is 0 Å². The Morgan fingerprint density at radius 1 is 0.500 bits per heavy atom. The number of esters is 2. The number of hydrogen-bond acceptors (Lipinski definition) is 7. The molecule has 9 nitrogen and oxygen atoms in total. The van der Waals surface area contributed by atoms with Crippen LogP contribution in [0.15, 0.2) is 0 Å². The molecule has 0 saturated carbocycles. The Morgan fingerprint density at radius 2 is 0.810 bits per heavy atom. The first-order valence-electron chi connectivity index (χ1n) is 24.7. The second kappa shape index (κ2) is 41.4. The van der Waals surface area contributed by atoms with Crippen LogP contribution in [0.25, 0.3) is 0 Å². The van der Waals surface area contributed by atoms with Crippen molar-refractivity contribution in [3.63, 3.8) is 0 Å². The van der Waals surface area contributed by atoms with E-state index < -0.39 is 26.5 Å². The molecule has 0 aromatic carbocycles. The molecule has 1 unspecified atom stereocenters. The van der Waals surface area contributed by atoms with Crippen LogP contribution in [0.1, 0.15) is 245 Å². The molecular formula is C48H97NO8P+. The molecule has 0 saturated heterocycles. The van der Waals surface area contributed by atoms with Gasteiger partial charge in [-0.05, 0) is 6.42 Å². The van der Waals surface area contributed by atoms with Gasteiger partial charge in [-0.3, -0.25) is 18.6 Å². The van der Waals surface area contributed by atoms with Gasteiger partial charge in [0.25, 0.3) is 0 Å². The number of carbonyl (C=O) groups is 2. The minimum atomic E-state index is -4.32. The predicted octanol–water partition coefficient (Wildman–Crippen LogP) is 14.4. The third-order valence-corrected chi connectivity index (χ3v) is 12.2. The molecule has 0 bridgehead atoms. The SMILES string of the molecule is CCCCCCCCCCCCCCCCCCCCCCCCCCCCCCCCCCCCCC(=O)OC[C@H](COP(=O)(O)OCC[N+](C)(C)C)OC(C)=O. The minimum absolute atomic E-state index is 0.0320. The van der Waals surface area contributed by atoms with Gasteiger partial charge in [-0.25, -0.2) is 4.57 Å². The van der Waals surface area contributed by atoms with E-state index in [1.54, 1.807) is 0 Å². The number of quaternary nitrogens is 1. The number of phosphoric acid groups is 1. The number of nitrogens with zero attached hydrogens (tertiary/aromatic N) is 1. The van der Waals surface area contributed by atoms with Crippen molar-refractivity contribution in [3.05, 3.63) is 0 Å². The molecule has 0 aromatic heterocycles. The van der Waals surface area contributed by atoms with E-state index in [4.69, 9.17) is 18.5 Å². The Bertz CT molecular complexity index is 958. The number of phosphoric ester groups is 1. The van der Waals surface area contributed by atoms with Crippen LogP contribution in [0.3, 0.4) is 0 Å². The fraction of sp³-hybridized carbons (Fsp3) is 0.958. The van der Waals surface area contributed by atoms with Crippen LogP contribution < -0.4 is 0 Å². The number of carbonyl (C=O) groups excluding carboxylic acids is 2. The normalized spacial score (nSPS) is 13.4. The highest BCUT2D eigenvalue weighted by molar-refractivity contribution is 7.47. The fourth-order valence-corrected chi connectivity index (χ4v) is 8.17. The predicted molar refractivity (Wildman–Crippen MR) is 243 cm³/mol. The molecule has 0 spiro atoms. The van der Waals surface area contributed by atoms with Crippen molar-refractivity contribution < 1.29 is 42.1 Å². The van der Waals surface area contributed by atoms with Crippen LogP contribution in [0.4, 0.5) is 0 Å². The van der Waals surface area contributed by atoms with E-state index in [0.29, 0.717) is 17.4 Å². The van der Waals surface area contributed by atoms with Crippen molar-refractivity contribution in [2.75, 3.05) is 47.5 Å². The van der Waals surface area contributed by atoms with E-state index in [-0.39, 0.29) is 19.2 Å². The second-order valence-corrected chi connectivity index (χ2v) is 19.8. The molecule has 2 atom stereocenters. The fourth-order valence-electron chi connectivity index (χ4n) is 7.43. The third-order valence-electron chi connectivity index (χ3n) is 11.2. The summed E-state index contributed by atoms with van der Waals surface area (Å²) in [6.45, 7) is 3.41. The second-order valence-electron chi connectivity index (χ2n) is 18.3. The van der Waals surface area contributed by atoms with E-state index in [9.17, 15) is 19.0 Å². The van der Waals surface area contributed by atoms with E-state index in [2.05, 4.69) is 6.92 Å². The Hall–Kier alpha value is -0.990. The van der Waals surface area contributed by atoms with Crippen LogP contribution >= 0.6 is 7.82 Å². The van der Waals surface area contributed by atoms with E-state index in [1.165, 1.54) is 212 Å². The highest BCUT2D eigenvalue weighted by Gasteiger charge is 2.26. The zero-order valence-electron chi connectivity index (χ0n) is 39.1. The quantitative estimate of drug-likeness (QED) is 0.0279. The average molecular weight is 847 g/mol. The van der Waals surface area contributed by atoms with Gasteiger partial charge in [0.1, 0.15) is 19.8 Å². The molecular weight excluding hydrogens is 750 g/mol. The molecule has 0 fully saturated rings. The van der Waals surface area contributed by atoms with Crippen LogP contribution in [0.5, 0.6) is 0 Å². The summed E-state index contributed by atoms with van der Waals surface area (Å²) in [5.41, 5.74) is 0. The van der Waals surface area contributed by atoms with E-state index in [1.807, 2.05) is 21.1 Å². The summed E-state index contributed by atoms with van der Waals surface area (Å²) in [4.78, 5) is 33.6. The first kappa shape index (κ1) is 57.0. The third kappa shape index (κ3) is 46.1. The monoisotopic (exact) mass is 847 g/mol. The Kier molecular flexibility index (Phi) is 40.7. The van der Waals surface area contributed by atoms with Gasteiger partial charge in [0.15, 0.2) is 6.10 Å². The van der Waals surface area contributed by atoms with Gasteiger partial charge in [0.2, 0.25) is 0 Å². The summed E-state index contributed by atoms with van der Waals surface area (Å²) in [6, 6.07) is 0. The number of hydrogen-bond donors (Lipinski definition) is 1. The Morgan fingerprint density at radius 3 is 1.10 bits per heavy atom. The lowest BCUT2D eigenvalue weighted by molar-refractivity contribution is -0.870. The molecule has 0 aliphatic rings. The van der Waals surface area contributed by atoms with Gasteiger partial charge in [0.05, 0.1) is 27.7 Å². The molecule has 58 heavy (non-hydrogen) atoms. The molecule has 0 rings (SSSR count). The summed E-state index contributed by atoms with van der Waals surface area (Å²) in [5, 5.41) is 0. The standard InChI is InChI=1S/C48H96NO8P/c1-6-7-8-9-10-11-12-13-14-15-16-17-18-19-20-21-22-23-24-25-26-27-28-29-30-31-32-33-34-35-36-37-38-39-40-41-48(51)54-44-47(57-46(2)50)45-56-58(52,53)55-43-42-49(3,4)5/h47H,6-45H2,1-5H3/p+1/t47-/m1/s1. The number of unbranched alkanes of at least 4 members (excludes halogenated alkanes) is 34. The number of ether oxygens (including phenoxy) is 2. The van der Waals surface area contributed by atoms with Crippen LogP contribution in [-0.2, 0) is 32.7 Å². The van der Waals surface area contributed by atoms with Crippen molar-refractivity contribution in [1.82, 2.24) is 0 Å². The van der Waals surface area contributed by atoms with Crippen molar-refractivity contribution in [2.45, 2.75) is 251 Å². The van der Waals surface area contributed by atoms with Crippen molar-refractivity contribution in [1.29, 1.82) is 0 Å². The van der Waals surface area contributed by atoms with Gasteiger partial charge < -0.3 is 18.9 Å². The van der Waals surface area contributed by atoms with Crippen LogP contribution in [0, 0.1) is 0 Å². The highest BCUT2D eigenvalue weighted by Crippen LogP contribution is 2.43. The summed E-state index contributed by atoms with van der Waals surface area (Å²) in [6.07, 6.45) is 47.5. The van der Waals surface area contributed by atoms with Gasteiger partial charge in [-0.2, -0.15) is 0 Å². The zero-order valence-corrected chi connectivity index (χ0v) is 40.0. The summed E-state index contributed by atoms with van der Waals surface area (Å²) >= 11 is 0. The summed E-state index contributed by atoms with van der Waals surface area (Å²) in [5.74, 6) is -0.977. The van der Waals surface area contributed by atoms with E-state index in [0.717, 1.165) is 19.3 Å². The van der Waals surface area contributed by atoms with Crippen molar-refractivity contribution >= 4 is 19.8 Å². The van der Waals surface area contributed by atoms with Crippen molar-refractivity contribution in [3.8, 4) is 0 Å². The van der Waals surface area contributed by atoms with Gasteiger partial charge in [-0.15, -0.1) is 0 Å². The molecule has 0 aliphatic heterocycles. The lowest BCUT2D eigenvalue weighted by Gasteiger charge is -2.24. The average Bonchev–Trinajstić information content (AvgIpc) is 3.16. The Balaban J connectivity index is 3.44. The maximum absolute atomic E-state index is 12.2. The highest BCUT2D eigenvalue weighted by atomic mass is 31.2. The van der Waals surface area contributed by atoms with Crippen LogP contribution in [0.2, 0.25) is 0 Å². The zero-order chi connectivity index (χ0) is 42.8. The smallest absolute Gasteiger partial charge is 0.462 e. The Labute approximate surface area is 359 Å². The molecule has 0 radical (unpaired) electrons. The van der Waals surface area contributed by atoms with Gasteiger partial charge in [-0.1, -0.05) is 225 Å². The molecule has 0 amide bonds. The lowest BCUT2D eigenvalue weighted by atomic mass is 10.0. The summed E-state index contributed by atoms with van der Waals surface area (Å²) < 4.78 is 33.0. The first-order chi connectivity index (χ1) is 27.9. The minimum Gasteiger partial charge on any atom is -0.462 e. The lowest BCUT2D eigenvalue weighted by Crippen LogP contribution is -2.37. The molecule has 0 aliphatic carbocycles. The molecule has 0 aromatic rings. The largest absolute Gasteiger partial charge is 0.472 e. The molecule has 346 valence electrons. The first-order valence-corrected chi connectivity index (χ1v) is 26.2.